The summed E-state index contributed by atoms with van der Waals surface area (Å²) in [6.45, 7) is 1.94. The van der Waals surface area contributed by atoms with Crippen molar-refractivity contribution in [2.75, 3.05) is 30.5 Å². The Labute approximate surface area is 119 Å². The van der Waals surface area contributed by atoms with Crippen LogP contribution in [0.4, 0.5) is 5.69 Å². The average Bonchev–Trinajstić information content (AvgIpc) is 3.18. The van der Waals surface area contributed by atoms with E-state index in [1.165, 1.54) is 24.1 Å². The Hall–Kier alpha value is -0.380. The van der Waals surface area contributed by atoms with Gasteiger partial charge in [-0.25, -0.2) is 0 Å². The Kier molecular flexibility index (Phi) is 5.22. The van der Waals surface area contributed by atoms with Crippen LogP contribution in [-0.2, 0) is 6.54 Å². The standard InChI is InChI=1S/C14H21ClN2S/c1-17(7-8-18-2)13-6-3-11(14(15)9-13)10-16-12-4-5-12/h3,6,9,12,16H,4-5,7-8,10H2,1-2H3. The van der Waals surface area contributed by atoms with E-state index in [1.54, 1.807) is 0 Å². The number of hydrogen-bond donors (Lipinski definition) is 1. The molecule has 0 bridgehead atoms. The lowest BCUT2D eigenvalue weighted by Gasteiger charge is -2.19. The highest BCUT2D eigenvalue weighted by atomic mass is 35.5. The molecule has 1 aromatic rings. The second-order valence-electron chi connectivity index (χ2n) is 4.85. The van der Waals surface area contributed by atoms with Crippen LogP contribution in [0.1, 0.15) is 18.4 Å². The highest BCUT2D eigenvalue weighted by Gasteiger charge is 2.20. The normalized spacial score (nSPS) is 14.8. The molecule has 0 atom stereocenters. The summed E-state index contributed by atoms with van der Waals surface area (Å²) in [4.78, 5) is 2.25. The van der Waals surface area contributed by atoms with E-state index in [1.807, 2.05) is 11.8 Å². The predicted octanol–water partition coefficient (Wildman–Crippen LogP) is 3.39. The second-order valence-corrected chi connectivity index (χ2v) is 6.24. The summed E-state index contributed by atoms with van der Waals surface area (Å²) in [5, 5.41) is 4.37. The minimum atomic E-state index is 0.727. The molecule has 0 aromatic heterocycles. The molecule has 1 saturated carbocycles. The third-order valence-electron chi connectivity index (χ3n) is 3.27. The van der Waals surface area contributed by atoms with E-state index in [0.29, 0.717) is 0 Å². The summed E-state index contributed by atoms with van der Waals surface area (Å²) in [6.07, 6.45) is 4.76. The Bertz CT molecular complexity index is 393. The molecule has 0 spiro atoms. The molecule has 0 aliphatic heterocycles. The van der Waals surface area contributed by atoms with E-state index < -0.39 is 0 Å². The summed E-state index contributed by atoms with van der Waals surface area (Å²) in [5.41, 5.74) is 2.40. The van der Waals surface area contributed by atoms with Crippen molar-refractivity contribution in [1.82, 2.24) is 5.32 Å². The fourth-order valence-electron chi connectivity index (χ4n) is 1.82. The molecule has 100 valence electrons. The van der Waals surface area contributed by atoms with Crippen molar-refractivity contribution in [3.63, 3.8) is 0 Å². The van der Waals surface area contributed by atoms with Crippen molar-refractivity contribution >= 4 is 29.1 Å². The van der Waals surface area contributed by atoms with Gasteiger partial charge in [0.15, 0.2) is 0 Å². The van der Waals surface area contributed by atoms with Crippen molar-refractivity contribution < 1.29 is 0 Å². The maximum absolute atomic E-state index is 6.34. The molecule has 0 saturated heterocycles. The monoisotopic (exact) mass is 284 g/mol. The number of nitrogens with one attached hydrogen (secondary N) is 1. The molecule has 0 heterocycles. The van der Waals surface area contributed by atoms with Gasteiger partial charge in [0.05, 0.1) is 0 Å². The lowest BCUT2D eigenvalue weighted by atomic mass is 10.2. The van der Waals surface area contributed by atoms with Crippen LogP contribution in [-0.4, -0.2) is 31.6 Å². The van der Waals surface area contributed by atoms with Gasteiger partial charge >= 0.3 is 0 Å². The van der Waals surface area contributed by atoms with E-state index in [-0.39, 0.29) is 0 Å². The van der Waals surface area contributed by atoms with Gasteiger partial charge in [-0.2, -0.15) is 11.8 Å². The van der Waals surface area contributed by atoms with E-state index in [9.17, 15) is 0 Å². The minimum Gasteiger partial charge on any atom is -0.374 e. The molecule has 1 aliphatic carbocycles. The molecular weight excluding hydrogens is 264 g/mol. The largest absolute Gasteiger partial charge is 0.374 e. The summed E-state index contributed by atoms with van der Waals surface area (Å²) in [5.74, 6) is 1.14. The van der Waals surface area contributed by atoms with Crippen molar-refractivity contribution in [3.05, 3.63) is 28.8 Å². The number of hydrogen-bond acceptors (Lipinski definition) is 3. The zero-order chi connectivity index (χ0) is 13.0. The van der Waals surface area contributed by atoms with E-state index in [4.69, 9.17) is 11.6 Å². The molecule has 1 fully saturated rings. The highest BCUT2D eigenvalue weighted by Crippen LogP contribution is 2.25. The van der Waals surface area contributed by atoms with Gasteiger partial charge in [-0.3, -0.25) is 0 Å². The van der Waals surface area contributed by atoms with Gasteiger partial charge in [0, 0.05) is 42.6 Å². The SMILES string of the molecule is CSCCN(C)c1ccc(CNC2CC2)c(Cl)c1. The van der Waals surface area contributed by atoms with Crippen LogP contribution in [0, 0.1) is 0 Å². The topological polar surface area (TPSA) is 15.3 Å². The number of halogens is 1. The van der Waals surface area contributed by atoms with Gasteiger partial charge in [-0.05, 0) is 36.8 Å². The molecule has 1 aliphatic rings. The van der Waals surface area contributed by atoms with Crippen molar-refractivity contribution in [2.24, 2.45) is 0 Å². The van der Waals surface area contributed by atoms with Crippen LogP contribution in [0.15, 0.2) is 18.2 Å². The first-order valence-corrected chi connectivity index (χ1v) is 8.20. The summed E-state index contributed by atoms with van der Waals surface area (Å²) in [7, 11) is 2.12. The summed E-state index contributed by atoms with van der Waals surface area (Å²) >= 11 is 8.21. The lowest BCUT2D eigenvalue weighted by molar-refractivity contribution is 0.688. The third-order valence-corrected chi connectivity index (χ3v) is 4.21. The van der Waals surface area contributed by atoms with Gasteiger partial charge in [0.2, 0.25) is 0 Å². The van der Waals surface area contributed by atoms with Crippen LogP contribution in [0.5, 0.6) is 0 Å². The molecule has 18 heavy (non-hydrogen) atoms. The van der Waals surface area contributed by atoms with Gasteiger partial charge in [-0.1, -0.05) is 17.7 Å². The lowest BCUT2D eigenvalue weighted by Crippen LogP contribution is -2.20. The van der Waals surface area contributed by atoms with Crippen LogP contribution >= 0.6 is 23.4 Å². The van der Waals surface area contributed by atoms with Crippen LogP contribution in [0.3, 0.4) is 0 Å². The van der Waals surface area contributed by atoms with Crippen LogP contribution in [0.2, 0.25) is 5.02 Å². The zero-order valence-corrected chi connectivity index (χ0v) is 12.7. The molecule has 1 N–H and O–H groups in total. The molecule has 4 heteroatoms. The summed E-state index contributed by atoms with van der Waals surface area (Å²) < 4.78 is 0. The fourth-order valence-corrected chi connectivity index (χ4v) is 2.51. The van der Waals surface area contributed by atoms with Crippen molar-refractivity contribution in [2.45, 2.75) is 25.4 Å². The smallest absolute Gasteiger partial charge is 0.0471 e. The first-order valence-electron chi connectivity index (χ1n) is 6.42. The van der Waals surface area contributed by atoms with E-state index in [2.05, 4.69) is 41.7 Å². The maximum atomic E-state index is 6.34. The first kappa shape index (κ1) is 14.0. The van der Waals surface area contributed by atoms with Gasteiger partial charge in [-0.15, -0.1) is 0 Å². The Balaban J connectivity index is 1.94. The number of thioether (sulfide) groups is 1. The predicted molar refractivity (Wildman–Crippen MR) is 83.0 cm³/mol. The minimum absolute atomic E-state index is 0.727. The van der Waals surface area contributed by atoms with Gasteiger partial charge in [0.1, 0.15) is 0 Å². The third kappa shape index (κ3) is 4.08. The number of benzene rings is 1. The van der Waals surface area contributed by atoms with Crippen LogP contribution in [0.25, 0.3) is 0 Å². The van der Waals surface area contributed by atoms with Crippen molar-refractivity contribution in [1.29, 1.82) is 0 Å². The van der Waals surface area contributed by atoms with Crippen molar-refractivity contribution in [3.8, 4) is 0 Å². The highest BCUT2D eigenvalue weighted by molar-refractivity contribution is 7.98. The zero-order valence-electron chi connectivity index (χ0n) is 11.1. The first-order chi connectivity index (χ1) is 8.70. The molecule has 0 amide bonds. The second kappa shape index (κ2) is 6.69. The Morgan fingerprint density at radius 3 is 2.83 bits per heavy atom. The van der Waals surface area contributed by atoms with Crippen LogP contribution < -0.4 is 10.2 Å². The van der Waals surface area contributed by atoms with Gasteiger partial charge in [0.25, 0.3) is 0 Å². The van der Waals surface area contributed by atoms with E-state index >= 15 is 0 Å². The number of anilines is 1. The maximum Gasteiger partial charge on any atom is 0.0471 e. The average molecular weight is 285 g/mol. The quantitative estimate of drug-likeness (QED) is 0.826. The number of nitrogens with zero attached hydrogens (tertiary/aromatic N) is 1. The molecule has 0 unspecified atom stereocenters. The fraction of sp³-hybridized carbons (Fsp3) is 0.571. The molecule has 1 aromatic carbocycles. The Morgan fingerprint density at radius 1 is 1.44 bits per heavy atom. The molecule has 2 rings (SSSR count). The Morgan fingerprint density at radius 2 is 2.22 bits per heavy atom. The van der Waals surface area contributed by atoms with E-state index in [0.717, 1.165) is 29.9 Å². The number of rotatable bonds is 7. The molecular formula is C14H21ClN2S. The van der Waals surface area contributed by atoms with Gasteiger partial charge < -0.3 is 10.2 Å². The summed E-state index contributed by atoms with van der Waals surface area (Å²) in [6, 6.07) is 7.11. The molecule has 0 radical (unpaired) electrons. The molecule has 2 nitrogen and oxygen atoms in total.